The molecule has 5 heteroatoms. The summed E-state index contributed by atoms with van der Waals surface area (Å²) >= 11 is 1.61. The third-order valence-electron chi connectivity index (χ3n) is 2.62. The second-order valence-electron chi connectivity index (χ2n) is 4.21. The van der Waals surface area contributed by atoms with E-state index < -0.39 is 0 Å². The Morgan fingerprint density at radius 2 is 1.80 bits per heavy atom. The van der Waals surface area contributed by atoms with E-state index in [2.05, 4.69) is 5.32 Å². The van der Waals surface area contributed by atoms with Gasteiger partial charge in [0.2, 0.25) is 5.91 Å². The minimum absolute atomic E-state index is 0.0753. The van der Waals surface area contributed by atoms with Crippen molar-refractivity contribution in [3.63, 3.8) is 0 Å². The number of benzene rings is 2. The largest absolute Gasteiger partial charge is 0.495 e. The molecule has 0 aliphatic heterocycles. The van der Waals surface area contributed by atoms with Gasteiger partial charge >= 0.3 is 0 Å². The maximum absolute atomic E-state index is 10.9. The fourth-order valence-electron chi connectivity index (χ4n) is 1.70. The van der Waals surface area contributed by atoms with Crippen molar-refractivity contribution in [3.05, 3.63) is 42.5 Å². The zero-order valence-electron chi connectivity index (χ0n) is 11.3. The van der Waals surface area contributed by atoms with Gasteiger partial charge in [-0.25, -0.2) is 0 Å². The highest BCUT2D eigenvalue weighted by atomic mass is 32.2. The highest BCUT2D eigenvalue weighted by Crippen LogP contribution is 2.33. The number of carbonyl (C=O) groups is 1. The molecule has 0 saturated carbocycles. The van der Waals surface area contributed by atoms with Crippen LogP contribution < -0.4 is 15.8 Å². The fraction of sp³-hybridized carbons (Fsp3) is 0.133. The minimum Gasteiger partial charge on any atom is -0.495 e. The Hall–Kier alpha value is -2.14. The second kappa shape index (κ2) is 6.34. The first-order valence-electron chi connectivity index (χ1n) is 6.07. The van der Waals surface area contributed by atoms with Crippen molar-refractivity contribution in [2.24, 2.45) is 0 Å². The number of nitrogens with one attached hydrogen (secondary N) is 1. The Labute approximate surface area is 122 Å². The highest BCUT2D eigenvalue weighted by Gasteiger charge is 2.03. The maximum atomic E-state index is 10.9. The first kappa shape index (κ1) is 14.3. The standard InChI is InChI=1S/C15H16N2O2S/c1-10(18)17-11-3-5-12(6-4-11)20-13-7-8-14(16)15(9-13)19-2/h3-9H,16H2,1-2H3,(H,17,18). The lowest BCUT2D eigenvalue weighted by atomic mass is 10.3. The summed E-state index contributed by atoms with van der Waals surface area (Å²) < 4.78 is 5.20. The molecular weight excluding hydrogens is 272 g/mol. The van der Waals surface area contributed by atoms with Gasteiger partial charge in [0.15, 0.2) is 0 Å². The van der Waals surface area contributed by atoms with E-state index in [0.29, 0.717) is 11.4 Å². The maximum Gasteiger partial charge on any atom is 0.221 e. The number of methoxy groups -OCH3 is 1. The molecule has 0 heterocycles. The Morgan fingerprint density at radius 1 is 1.15 bits per heavy atom. The zero-order valence-corrected chi connectivity index (χ0v) is 12.2. The molecule has 2 rings (SSSR count). The first-order valence-corrected chi connectivity index (χ1v) is 6.89. The van der Waals surface area contributed by atoms with Crippen molar-refractivity contribution in [2.45, 2.75) is 16.7 Å². The fourth-order valence-corrected chi connectivity index (χ4v) is 2.55. The van der Waals surface area contributed by atoms with Crippen molar-refractivity contribution in [1.29, 1.82) is 0 Å². The van der Waals surface area contributed by atoms with Gasteiger partial charge in [-0.05, 0) is 42.5 Å². The predicted octanol–water partition coefficient (Wildman–Crippen LogP) is 3.39. The summed E-state index contributed by atoms with van der Waals surface area (Å²) in [5.41, 5.74) is 7.20. The van der Waals surface area contributed by atoms with E-state index in [1.807, 2.05) is 42.5 Å². The van der Waals surface area contributed by atoms with Gasteiger partial charge in [-0.3, -0.25) is 4.79 Å². The quantitative estimate of drug-likeness (QED) is 0.846. The monoisotopic (exact) mass is 288 g/mol. The lowest BCUT2D eigenvalue weighted by Crippen LogP contribution is -2.05. The van der Waals surface area contributed by atoms with Crippen LogP contribution in [-0.4, -0.2) is 13.0 Å². The molecule has 0 aliphatic rings. The zero-order chi connectivity index (χ0) is 14.5. The molecular formula is C15H16N2O2S. The lowest BCUT2D eigenvalue weighted by molar-refractivity contribution is -0.114. The molecule has 1 amide bonds. The summed E-state index contributed by atoms with van der Waals surface area (Å²) in [5.74, 6) is 0.596. The molecule has 3 N–H and O–H groups in total. The number of anilines is 2. The summed E-state index contributed by atoms with van der Waals surface area (Å²) in [6.45, 7) is 1.49. The van der Waals surface area contributed by atoms with Crippen LogP contribution >= 0.6 is 11.8 Å². The van der Waals surface area contributed by atoms with E-state index in [4.69, 9.17) is 10.5 Å². The molecule has 0 spiro atoms. The number of nitrogens with two attached hydrogens (primary N) is 1. The van der Waals surface area contributed by atoms with Crippen LogP contribution in [0, 0.1) is 0 Å². The van der Waals surface area contributed by atoms with E-state index in [1.54, 1.807) is 18.9 Å². The highest BCUT2D eigenvalue weighted by molar-refractivity contribution is 7.99. The van der Waals surface area contributed by atoms with Gasteiger partial charge in [0.05, 0.1) is 12.8 Å². The van der Waals surface area contributed by atoms with Gasteiger partial charge in [-0.15, -0.1) is 0 Å². The Morgan fingerprint density at radius 3 is 2.40 bits per heavy atom. The number of carbonyl (C=O) groups excluding carboxylic acids is 1. The van der Waals surface area contributed by atoms with Crippen LogP contribution in [0.1, 0.15) is 6.92 Å². The van der Waals surface area contributed by atoms with Crippen LogP contribution in [0.25, 0.3) is 0 Å². The van der Waals surface area contributed by atoms with Crippen LogP contribution in [0.5, 0.6) is 5.75 Å². The van der Waals surface area contributed by atoms with Crippen molar-refractivity contribution < 1.29 is 9.53 Å². The average Bonchev–Trinajstić information content (AvgIpc) is 2.42. The number of rotatable bonds is 4. The Bertz CT molecular complexity index is 612. The van der Waals surface area contributed by atoms with Crippen LogP contribution in [0.15, 0.2) is 52.3 Å². The third kappa shape index (κ3) is 3.68. The van der Waals surface area contributed by atoms with Gasteiger partial charge in [0.25, 0.3) is 0 Å². The second-order valence-corrected chi connectivity index (χ2v) is 5.36. The third-order valence-corrected chi connectivity index (χ3v) is 3.61. The van der Waals surface area contributed by atoms with E-state index in [-0.39, 0.29) is 5.91 Å². The molecule has 2 aromatic rings. The molecule has 104 valence electrons. The van der Waals surface area contributed by atoms with Crippen LogP contribution in [0.3, 0.4) is 0 Å². The van der Waals surface area contributed by atoms with Gasteiger partial charge in [-0.2, -0.15) is 0 Å². The molecule has 0 radical (unpaired) electrons. The van der Waals surface area contributed by atoms with Crippen molar-refractivity contribution in [2.75, 3.05) is 18.2 Å². The van der Waals surface area contributed by atoms with Gasteiger partial charge in [-0.1, -0.05) is 11.8 Å². The molecule has 0 aromatic heterocycles. The van der Waals surface area contributed by atoms with Gasteiger partial charge in [0, 0.05) is 22.4 Å². The molecule has 0 aliphatic carbocycles. The number of hydrogen-bond acceptors (Lipinski definition) is 4. The number of amides is 1. The molecule has 2 aromatic carbocycles. The summed E-state index contributed by atoms with van der Waals surface area (Å²) in [6.07, 6.45) is 0. The lowest BCUT2D eigenvalue weighted by Gasteiger charge is -2.08. The van der Waals surface area contributed by atoms with E-state index in [0.717, 1.165) is 15.5 Å². The summed E-state index contributed by atoms with van der Waals surface area (Å²) in [4.78, 5) is 13.1. The first-order chi connectivity index (χ1) is 9.58. The molecule has 0 saturated heterocycles. The molecule has 0 bridgehead atoms. The smallest absolute Gasteiger partial charge is 0.221 e. The predicted molar refractivity (Wildman–Crippen MR) is 82.3 cm³/mol. The van der Waals surface area contributed by atoms with Gasteiger partial charge < -0.3 is 15.8 Å². The van der Waals surface area contributed by atoms with Crippen LogP contribution in [0.4, 0.5) is 11.4 Å². The minimum atomic E-state index is -0.0753. The van der Waals surface area contributed by atoms with Crippen LogP contribution in [0.2, 0.25) is 0 Å². The Kier molecular flexibility index (Phi) is 4.53. The van der Waals surface area contributed by atoms with Gasteiger partial charge in [0.1, 0.15) is 5.75 Å². The van der Waals surface area contributed by atoms with E-state index in [1.165, 1.54) is 6.92 Å². The summed E-state index contributed by atoms with van der Waals surface area (Å²) in [6, 6.07) is 13.3. The molecule has 4 nitrogen and oxygen atoms in total. The molecule has 0 atom stereocenters. The van der Waals surface area contributed by atoms with Crippen molar-refractivity contribution >= 4 is 29.0 Å². The number of ether oxygens (including phenoxy) is 1. The van der Waals surface area contributed by atoms with Crippen molar-refractivity contribution in [3.8, 4) is 5.75 Å². The van der Waals surface area contributed by atoms with E-state index >= 15 is 0 Å². The summed E-state index contributed by atoms with van der Waals surface area (Å²) in [5, 5.41) is 2.74. The van der Waals surface area contributed by atoms with E-state index in [9.17, 15) is 4.79 Å². The molecule has 0 fully saturated rings. The Balaban J connectivity index is 2.11. The normalized spacial score (nSPS) is 10.1. The molecule has 0 unspecified atom stereocenters. The topological polar surface area (TPSA) is 64.3 Å². The average molecular weight is 288 g/mol. The molecule has 20 heavy (non-hydrogen) atoms. The number of nitrogen functional groups attached to an aromatic ring is 1. The van der Waals surface area contributed by atoms with Crippen molar-refractivity contribution in [1.82, 2.24) is 0 Å². The van der Waals surface area contributed by atoms with Crippen LogP contribution in [-0.2, 0) is 4.79 Å². The number of hydrogen-bond donors (Lipinski definition) is 2. The summed E-state index contributed by atoms with van der Waals surface area (Å²) in [7, 11) is 1.60. The SMILES string of the molecule is COc1cc(Sc2ccc(NC(C)=O)cc2)ccc1N.